The second-order valence-electron chi connectivity index (χ2n) is 18.6. The van der Waals surface area contributed by atoms with Crippen molar-refractivity contribution in [2.75, 3.05) is 97.1 Å². The van der Waals surface area contributed by atoms with E-state index < -0.39 is 15.1 Å². The van der Waals surface area contributed by atoms with Crippen molar-refractivity contribution in [3.05, 3.63) is 72.1 Å². The van der Waals surface area contributed by atoms with Gasteiger partial charge < -0.3 is 24.3 Å². The molecule has 1 amide bonds. The number of benzene rings is 2. The number of rotatable bonds is 15. The number of anilines is 1. The lowest BCUT2D eigenvalue weighted by Gasteiger charge is -2.54. The van der Waals surface area contributed by atoms with Crippen molar-refractivity contribution in [1.29, 1.82) is 0 Å². The molecule has 6 fully saturated rings. The summed E-state index contributed by atoms with van der Waals surface area (Å²) >= 11 is 0. The number of ether oxygens (including phenoxy) is 1. The predicted molar refractivity (Wildman–Crippen MR) is 230 cm³/mol. The number of amides is 1. The second-order valence-corrected chi connectivity index (χ2v) is 20.8. The summed E-state index contributed by atoms with van der Waals surface area (Å²) in [6.07, 6.45) is 15.2. The number of hydrogen-bond acceptors (Lipinski definition) is 9. The standard InChI is InChI=1S/C47H66FN5O5S/c1-58-46(55)29-37-9-5-12-44(37)47(35-51-24-8-25-51,39-10-6-11-40(48)30-39)38-19-26-50(27-20-38)31-36-18-28-52(32-36)41-14-16-42(17-15-41)59(56,57)43-33-53(34-43)45(54)13-7-23-49-21-3-2-4-22-49/h6-7,10-11,13-17,30,36-38,43-44H,2-5,8-9,12,18-29,31-35H2,1H3/b13-7+/t36-,37-,44+,47+/m1/s1. The Kier molecular flexibility index (Phi) is 13.5. The molecule has 6 aliphatic rings. The zero-order valence-corrected chi connectivity index (χ0v) is 36.0. The number of methoxy groups -OCH3 is 1. The molecule has 8 rings (SSSR count). The Morgan fingerprint density at radius 2 is 1.56 bits per heavy atom. The van der Waals surface area contributed by atoms with Gasteiger partial charge in [-0.1, -0.05) is 31.1 Å². The van der Waals surface area contributed by atoms with Crippen LogP contribution in [0.5, 0.6) is 0 Å². The third-order valence-electron chi connectivity index (χ3n) is 15.1. The van der Waals surface area contributed by atoms with Crippen molar-refractivity contribution in [3.63, 3.8) is 0 Å². The molecule has 0 N–H and O–H groups in total. The molecule has 4 atom stereocenters. The maximum atomic E-state index is 15.1. The minimum absolute atomic E-state index is 0.106. The fraction of sp³-hybridized carbons (Fsp3) is 0.660. The first kappa shape index (κ1) is 42.4. The van der Waals surface area contributed by atoms with Gasteiger partial charge in [0.15, 0.2) is 9.84 Å². The first-order valence-electron chi connectivity index (χ1n) is 22.7. The number of carbonyl (C=O) groups excluding carboxylic acids is 2. The van der Waals surface area contributed by atoms with Gasteiger partial charge in [0.05, 0.1) is 12.0 Å². The van der Waals surface area contributed by atoms with Crippen molar-refractivity contribution in [2.45, 2.75) is 86.2 Å². The summed E-state index contributed by atoms with van der Waals surface area (Å²) in [4.78, 5) is 37.2. The van der Waals surface area contributed by atoms with E-state index in [-0.39, 0.29) is 42.1 Å². The smallest absolute Gasteiger partial charge is 0.305 e. The maximum Gasteiger partial charge on any atom is 0.305 e. The highest BCUT2D eigenvalue weighted by molar-refractivity contribution is 7.92. The molecule has 2 aromatic rings. The second kappa shape index (κ2) is 18.7. The Morgan fingerprint density at radius 3 is 2.25 bits per heavy atom. The molecule has 1 aliphatic carbocycles. The third kappa shape index (κ3) is 9.46. The van der Waals surface area contributed by atoms with Crippen molar-refractivity contribution in [3.8, 4) is 0 Å². The van der Waals surface area contributed by atoms with E-state index in [4.69, 9.17) is 4.74 Å². The van der Waals surface area contributed by atoms with E-state index in [1.54, 1.807) is 35.2 Å². The fourth-order valence-electron chi connectivity index (χ4n) is 11.7. The summed E-state index contributed by atoms with van der Waals surface area (Å²) in [5, 5.41) is -0.567. The van der Waals surface area contributed by atoms with Gasteiger partial charge in [-0.3, -0.25) is 14.5 Å². The molecule has 59 heavy (non-hydrogen) atoms. The van der Waals surface area contributed by atoms with Gasteiger partial charge in [-0.2, -0.15) is 0 Å². The molecule has 0 radical (unpaired) electrons. The van der Waals surface area contributed by atoms with Gasteiger partial charge in [-0.15, -0.1) is 0 Å². The molecule has 1 saturated carbocycles. The van der Waals surface area contributed by atoms with E-state index in [0.717, 1.165) is 122 Å². The van der Waals surface area contributed by atoms with Crippen LogP contribution in [0.15, 0.2) is 65.6 Å². The SMILES string of the molecule is COC(=O)C[C@H]1CCC[C@@H]1[C@](CN1CCC1)(c1cccc(F)c1)C1CCN(C[C@H]2CCN(c3ccc(S(=O)(=O)C4CN(C(=O)/C=C/CN5CCCCC5)C4)cc3)C2)CC1. The van der Waals surface area contributed by atoms with E-state index in [1.807, 2.05) is 24.3 Å². The van der Waals surface area contributed by atoms with Gasteiger partial charge in [-0.25, -0.2) is 12.8 Å². The van der Waals surface area contributed by atoms with Crippen molar-refractivity contribution in [1.82, 2.24) is 19.6 Å². The Labute approximate surface area is 352 Å². The number of hydrogen-bond donors (Lipinski definition) is 0. The molecule has 5 aliphatic heterocycles. The van der Waals surface area contributed by atoms with Crippen molar-refractivity contribution in [2.24, 2.45) is 23.7 Å². The number of nitrogens with zero attached hydrogens (tertiary/aromatic N) is 5. The van der Waals surface area contributed by atoms with Crippen molar-refractivity contribution < 1.29 is 27.1 Å². The lowest BCUT2D eigenvalue weighted by molar-refractivity contribution is -0.142. The lowest BCUT2D eigenvalue weighted by atomic mass is 9.56. The van der Waals surface area contributed by atoms with Crippen LogP contribution in [0, 0.1) is 29.5 Å². The van der Waals surface area contributed by atoms with Crippen molar-refractivity contribution >= 4 is 27.4 Å². The highest BCUT2D eigenvalue weighted by Crippen LogP contribution is 2.54. The summed E-state index contributed by atoms with van der Waals surface area (Å²) in [5.41, 5.74) is 1.96. The van der Waals surface area contributed by atoms with Crippen LogP contribution in [0.4, 0.5) is 10.1 Å². The van der Waals surface area contributed by atoms with Crippen LogP contribution in [0.25, 0.3) is 0 Å². The summed E-state index contributed by atoms with van der Waals surface area (Å²) < 4.78 is 47.2. The van der Waals surface area contributed by atoms with Gasteiger partial charge in [0.25, 0.3) is 0 Å². The minimum atomic E-state index is -3.53. The summed E-state index contributed by atoms with van der Waals surface area (Å²) in [5.74, 6) is 1.04. The monoisotopic (exact) mass is 831 g/mol. The molecule has 12 heteroatoms. The first-order chi connectivity index (χ1) is 28.6. The molecule has 0 bridgehead atoms. The highest BCUT2D eigenvalue weighted by atomic mass is 32.2. The zero-order chi connectivity index (χ0) is 41.0. The molecular formula is C47H66FN5O5S. The number of sulfone groups is 1. The number of piperidine rings is 2. The van der Waals surface area contributed by atoms with Crippen LogP contribution < -0.4 is 4.90 Å². The quantitative estimate of drug-likeness (QED) is 0.158. The number of likely N-dealkylation sites (tertiary alicyclic amines) is 4. The molecule has 10 nitrogen and oxygen atoms in total. The molecule has 0 aromatic heterocycles. The van der Waals surface area contributed by atoms with Gasteiger partial charge in [0, 0.05) is 69.4 Å². The minimum Gasteiger partial charge on any atom is -0.469 e. The summed E-state index contributed by atoms with van der Waals surface area (Å²) in [6.45, 7) is 11.4. The number of halogens is 1. The van der Waals surface area contributed by atoms with Gasteiger partial charge in [-0.05, 0) is 156 Å². The molecule has 0 unspecified atom stereocenters. The average Bonchev–Trinajstić information content (AvgIpc) is 3.88. The number of carbonyl (C=O) groups is 2. The first-order valence-corrected chi connectivity index (χ1v) is 24.2. The topological polar surface area (TPSA) is 93.7 Å². The van der Waals surface area contributed by atoms with E-state index in [1.165, 1.54) is 32.8 Å². The predicted octanol–water partition coefficient (Wildman–Crippen LogP) is 6.01. The van der Waals surface area contributed by atoms with E-state index in [9.17, 15) is 18.0 Å². The van der Waals surface area contributed by atoms with E-state index in [0.29, 0.717) is 29.1 Å². The molecule has 5 saturated heterocycles. The maximum absolute atomic E-state index is 15.1. The van der Waals surface area contributed by atoms with Crippen LogP contribution in [0.3, 0.4) is 0 Å². The molecule has 5 heterocycles. The Morgan fingerprint density at radius 1 is 0.814 bits per heavy atom. The fourth-order valence-corrected chi connectivity index (χ4v) is 13.3. The molecule has 322 valence electrons. The summed E-state index contributed by atoms with van der Waals surface area (Å²) in [7, 11) is -2.04. The summed E-state index contributed by atoms with van der Waals surface area (Å²) in [6, 6.07) is 14.8. The van der Waals surface area contributed by atoms with E-state index in [2.05, 4.69) is 25.7 Å². The van der Waals surface area contributed by atoms with Crippen LogP contribution >= 0.6 is 0 Å². The molecule has 2 aromatic carbocycles. The third-order valence-corrected chi connectivity index (χ3v) is 17.2. The van der Waals surface area contributed by atoms with E-state index >= 15 is 4.39 Å². The molecular weight excluding hydrogens is 766 g/mol. The van der Waals surface area contributed by atoms with Gasteiger partial charge in [0.1, 0.15) is 11.1 Å². The Hall–Kier alpha value is -3.32. The Balaban J connectivity index is 0.855. The lowest BCUT2D eigenvalue weighted by Crippen LogP contribution is -2.57. The Bertz CT molecular complexity index is 1890. The average molecular weight is 832 g/mol. The van der Waals surface area contributed by atoms with Crippen LogP contribution in [-0.4, -0.2) is 137 Å². The van der Waals surface area contributed by atoms with Gasteiger partial charge >= 0.3 is 5.97 Å². The normalized spacial score (nSPS) is 26.5. The van der Waals surface area contributed by atoms with Crippen LogP contribution in [0.2, 0.25) is 0 Å². The van der Waals surface area contributed by atoms with Crippen LogP contribution in [-0.2, 0) is 29.6 Å². The largest absolute Gasteiger partial charge is 0.469 e. The van der Waals surface area contributed by atoms with Gasteiger partial charge in [0.2, 0.25) is 5.91 Å². The van der Waals surface area contributed by atoms with Crippen LogP contribution in [0.1, 0.15) is 76.2 Å². The number of esters is 1. The highest BCUT2D eigenvalue weighted by Gasteiger charge is 2.53. The zero-order valence-electron chi connectivity index (χ0n) is 35.2. The molecule has 0 spiro atoms.